The van der Waals surface area contributed by atoms with E-state index in [1.165, 1.54) is 4.80 Å². The smallest absolute Gasteiger partial charge is 0.105 e. The lowest BCUT2D eigenvalue weighted by molar-refractivity contribution is 0.652. The Morgan fingerprint density at radius 3 is 3.00 bits per heavy atom. The molecule has 0 spiro atoms. The average Bonchev–Trinajstić information content (AvgIpc) is 2.35. The first kappa shape index (κ1) is 8.27. The zero-order valence-corrected chi connectivity index (χ0v) is 7.34. The van der Waals surface area contributed by atoms with Crippen LogP contribution in [0.1, 0.15) is 12.6 Å². The van der Waals surface area contributed by atoms with Gasteiger partial charge in [-0.05, 0) is 13.0 Å². The van der Waals surface area contributed by atoms with Crippen molar-refractivity contribution in [1.29, 1.82) is 0 Å². The summed E-state index contributed by atoms with van der Waals surface area (Å²) in [6, 6.07) is 0. The fraction of sp³-hybridized carbons (Fsp3) is 0.429. The van der Waals surface area contributed by atoms with E-state index < -0.39 is 0 Å². The molecule has 60 valence electrons. The van der Waals surface area contributed by atoms with Crippen molar-refractivity contribution < 1.29 is 0 Å². The maximum atomic E-state index is 5.59. The van der Waals surface area contributed by atoms with E-state index in [4.69, 9.17) is 11.6 Å². The predicted octanol–water partition coefficient (Wildman–Crippen LogP) is 1.46. The van der Waals surface area contributed by atoms with Gasteiger partial charge in [0.2, 0.25) is 0 Å². The number of hydrogen-bond acceptors (Lipinski definition) is 2. The molecule has 4 heteroatoms. The predicted molar refractivity (Wildman–Crippen MR) is 45.4 cm³/mol. The number of halogens is 1. The molecule has 0 aliphatic carbocycles. The topological polar surface area (TPSA) is 30.7 Å². The summed E-state index contributed by atoms with van der Waals surface area (Å²) in [7, 11) is 1.79. The number of nitrogens with zero attached hydrogens (tertiary/aromatic N) is 3. The second kappa shape index (κ2) is 3.53. The Kier molecular flexibility index (Phi) is 2.65. The Morgan fingerprint density at radius 2 is 2.55 bits per heavy atom. The first-order chi connectivity index (χ1) is 5.22. The van der Waals surface area contributed by atoms with Gasteiger partial charge in [0.1, 0.15) is 5.69 Å². The van der Waals surface area contributed by atoms with E-state index in [-0.39, 0.29) is 0 Å². The first-order valence-corrected chi connectivity index (χ1v) is 3.85. The van der Waals surface area contributed by atoms with Crippen molar-refractivity contribution in [1.82, 2.24) is 15.0 Å². The summed E-state index contributed by atoms with van der Waals surface area (Å²) in [6.45, 7) is 1.96. The molecule has 0 aliphatic rings. The number of aryl methyl sites for hydroxylation is 1. The van der Waals surface area contributed by atoms with Crippen LogP contribution in [-0.4, -0.2) is 20.9 Å². The van der Waals surface area contributed by atoms with Crippen LogP contribution in [0.5, 0.6) is 0 Å². The molecule has 0 fully saturated rings. The lowest BCUT2D eigenvalue weighted by Crippen LogP contribution is -1.91. The van der Waals surface area contributed by atoms with Gasteiger partial charge in [0.15, 0.2) is 0 Å². The highest BCUT2D eigenvalue weighted by Gasteiger charge is 1.93. The van der Waals surface area contributed by atoms with Gasteiger partial charge in [-0.25, -0.2) is 0 Å². The zero-order chi connectivity index (χ0) is 8.27. The minimum absolute atomic E-state index is 0.538. The number of allylic oxidation sites excluding steroid dienone is 1. The second-order valence-corrected chi connectivity index (χ2v) is 2.65. The summed E-state index contributed by atoms with van der Waals surface area (Å²) in [4.78, 5) is 1.52. The van der Waals surface area contributed by atoms with Gasteiger partial charge in [0, 0.05) is 12.9 Å². The van der Waals surface area contributed by atoms with Crippen LogP contribution in [0.15, 0.2) is 11.8 Å². The number of rotatable bonds is 2. The highest BCUT2D eigenvalue weighted by molar-refractivity contribution is 6.19. The molecule has 0 saturated carbocycles. The van der Waals surface area contributed by atoms with Crippen LogP contribution in [0.4, 0.5) is 0 Å². The summed E-state index contributed by atoms with van der Waals surface area (Å²) in [6.07, 6.45) is 3.62. The van der Waals surface area contributed by atoms with E-state index >= 15 is 0 Å². The molecule has 1 rings (SSSR count). The molecular formula is C7H10ClN3. The minimum Gasteiger partial charge on any atom is -0.187 e. The molecule has 1 heterocycles. The lowest BCUT2D eigenvalue weighted by Gasteiger charge is -1.88. The van der Waals surface area contributed by atoms with Crippen LogP contribution in [0.25, 0.3) is 6.08 Å². The van der Waals surface area contributed by atoms with Gasteiger partial charge in [0.25, 0.3) is 0 Å². The van der Waals surface area contributed by atoms with Crippen molar-refractivity contribution in [2.45, 2.75) is 6.92 Å². The third-order valence-electron chi connectivity index (χ3n) is 1.22. The summed E-state index contributed by atoms with van der Waals surface area (Å²) in [5.74, 6) is 0.538. The Balaban J connectivity index is 2.78. The Bertz CT molecular complexity index is 264. The van der Waals surface area contributed by atoms with Gasteiger partial charge < -0.3 is 0 Å². The second-order valence-electron chi connectivity index (χ2n) is 2.38. The molecule has 0 bridgehead atoms. The van der Waals surface area contributed by atoms with E-state index in [0.29, 0.717) is 5.88 Å². The molecule has 0 saturated heterocycles. The zero-order valence-electron chi connectivity index (χ0n) is 6.58. The molecule has 0 aliphatic heterocycles. The minimum atomic E-state index is 0.538. The Hall–Kier alpha value is -0.830. The maximum absolute atomic E-state index is 5.59. The standard InChI is InChI=1S/C7H10ClN3/c1-6(4-8)3-7-5-9-11(2)10-7/h3,5H,4H2,1-2H3/b6-3+. The van der Waals surface area contributed by atoms with Crippen LogP contribution >= 0.6 is 11.6 Å². The average molecular weight is 172 g/mol. The quantitative estimate of drug-likeness (QED) is 0.631. The third kappa shape index (κ3) is 2.35. The van der Waals surface area contributed by atoms with Crippen molar-refractivity contribution in [3.05, 3.63) is 17.5 Å². The van der Waals surface area contributed by atoms with Gasteiger partial charge in [-0.15, -0.1) is 11.6 Å². The molecule has 0 radical (unpaired) electrons. The van der Waals surface area contributed by atoms with E-state index in [1.807, 2.05) is 13.0 Å². The first-order valence-electron chi connectivity index (χ1n) is 3.32. The molecule has 0 N–H and O–H groups in total. The molecule has 3 nitrogen and oxygen atoms in total. The number of hydrogen-bond donors (Lipinski definition) is 0. The summed E-state index contributed by atoms with van der Waals surface area (Å²) in [5, 5.41) is 7.99. The van der Waals surface area contributed by atoms with E-state index in [9.17, 15) is 0 Å². The van der Waals surface area contributed by atoms with Gasteiger partial charge in [-0.2, -0.15) is 15.0 Å². The molecule has 1 aromatic heterocycles. The summed E-state index contributed by atoms with van der Waals surface area (Å²) < 4.78 is 0. The summed E-state index contributed by atoms with van der Waals surface area (Å²) >= 11 is 5.59. The molecule has 1 aromatic rings. The maximum Gasteiger partial charge on any atom is 0.105 e. The van der Waals surface area contributed by atoms with Gasteiger partial charge in [-0.3, -0.25) is 0 Å². The molecule has 11 heavy (non-hydrogen) atoms. The van der Waals surface area contributed by atoms with Gasteiger partial charge in [0.05, 0.1) is 6.20 Å². The lowest BCUT2D eigenvalue weighted by atomic mass is 10.3. The van der Waals surface area contributed by atoms with E-state index in [0.717, 1.165) is 11.3 Å². The largest absolute Gasteiger partial charge is 0.187 e. The van der Waals surface area contributed by atoms with Crippen molar-refractivity contribution >= 4 is 17.7 Å². The highest BCUT2D eigenvalue weighted by Crippen LogP contribution is 2.02. The summed E-state index contributed by atoms with van der Waals surface area (Å²) in [5.41, 5.74) is 1.94. The number of alkyl halides is 1. The van der Waals surface area contributed by atoms with Crippen LogP contribution in [0.2, 0.25) is 0 Å². The van der Waals surface area contributed by atoms with E-state index in [2.05, 4.69) is 10.2 Å². The van der Waals surface area contributed by atoms with Crippen LogP contribution < -0.4 is 0 Å². The van der Waals surface area contributed by atoms with Crippen molar-refractivity contribution in [2.75, 3.05) is 5.88 Å². The van der Waals surface area contributed by atoms with Crippen LogP contribution in [0, 0.1) is 0 Å². The number of aromatic nitrogens is 3. The van der Waals surface area contributed by atoms with Crippen LogP contribution in [-0.2, 0) is 7.05 Å². The Labute approximate surface area is 70.7 Å². The fourth-order valence-corrected chi connectivity index (χ4v) is 0.796. The van der Waals surface area contributed by atoms with Crippen molar-refractivity contribution in [3.63, 3.8) is 0 Å². The molecule has 0 unspecified atom stereocenters. The SMILES string of the molecule is C/C(=C\c1cnn(C)n1)CCl. The van der Waals surface area contributed by atoms with Crippen LogP contribution in [0.3, 0.4) is 0 Å². The third-order valence-corrected chi connectivity index (χ3v) is 1.64. The van der Waals surface area contributed by atoms with E-state index in [1.54, 1.807) is 13.2 Å². The molecule has 0 amide bonds. The van der Waals surface area contributed by atoms with Crippen molar-refractivity contribution in [3.8, 4) is 0 Å². The van der Waals surface area contributed by atoms with Gasteiger partial charge >= 0.3 is 0 Å². The van der Waals surface area contributed by atoms with Crippen molar-refractivity contribution in [2.24, 2.45) is 7.05 Å². The van der Waals surface area contributed by atoms with Gasteiger partial charge in [-0.1, -0.05) is 5.57 Å². The molecule has 0 aromatic carbocycles. The monoisotopic (exact) mass is 171 g/mol. The fourth-order valence-electron chi connectivity index (χ4n) is 0.719. The molecular weight excluding hydrogens is 162 g/mol. The molecule has 0 atom stereocenters. The highest BCUT2D eigenvalue weighted by atomic mass is 35.5. The Morgan fingerprint density at radius 1 is 1.82 bits per heavy atom. The normalized spacial score (nSPS) is 12.1.